The fraction of sp³-hybridized carbons (Fsp3) is 0.467. The molecule has 2 atom stereocenters. The van der Waals surface area contributed by atoms with Gasteiger partial charge in [-0.05, 0) is 63.2 Å². The van der Waals surface area contributed by atoms with E-state index in [1.165, 1.54) is 0 Å². The zero-order chi connectivity index (χ0) is 29.0. The number of hydrogen-bond acceptors (Lipinski definition) is 7. The highest BCUT2D eigenvalue weighted by atomic mass is 35.5. The summed E-state index contributed by atoms with van der Waals surface area (Å²) >= 11 is 12.7. The number of carboxylic acid groups (broad SMARTS) is 1. The van der Waals surface area contributed by atoms with E-state index in [4.69, 9.17) is 37.4 Å². The Bertz CT molecular complexity index is 1310. The molecule has 3 aromatic rings. The fourth-order valence-electron chi connectivity index (χ4n) is 5.09. The Morgan fingerprint density at radius 3 is 2.56 bits per heavy atom. The van der Waals surface area contributed by atoms with Gasteiger partial charge in [0.2, 0.25) is 5.79 Å². The summed E-state index contributed by atoms with van der Waals surface area (Å²) in [6.07, 6.45) is 5.61. The molecular formula is C30H36Cl2N4O5. The Kier molecular flexibility index (Phi) is 9.11. The van der Waals surface area contributed by atoms with E-state index in [0.29, 0.717) is 41.8 Å². The van der Waals surface area contributed by atoms with E-state index in [1.807, 2.05) is 29.0 Å². The summed E-state index contributed by atoms with van der Waals surface area (Å²) in [4.78, 5) is 20.2. The molecule has 11 heteroatoms. The summed E-state index contributed by atoms with van der Waals surface area (Å²) in [6, 6.07) is 13.4. The number of aromatic nitrogens is 2. The second-order valence-corrected chi connectivity index (χ2v) is 12.1. The maximum absolute atomic E-state index is 11.4. The van der Waals surface area contributed by atoms with Gasteiger partial charge in [0.05, 0.1) is 29.9 Å². The van der Waals surface area contributed by atoms with Crippen LogP contribution in [0.3, 0.4) is 0 Å². The van der Waals surface area contributed by atoms with Gasteiger partial charge in [-0.15, -0.1) is 0 Å². The Morgan fingerprint density at radius 1 is 1.15 bits per heavy atom. The maximum atomic E-state index is 11.4. The molecule has 1 N–H and O–H groups in total. The molecule has 2 aliphatic heterocycles. The molecule has 0 aliphatic carbocycles. The second kappa shape index (κ2) is 12.6. The van der Waals surface area contributed by atoms with Crippen LogP contribution in [-0.4, -0.2) is 77.6 Å². The molecule has 0 amide bonds. The molecule has 2 fully saturated rings. The van der Waals surface area contributed by atoms with E-state index in [2.05, 4.69) is 26.9 Å². The standard InChI is InChI=1S/C30H36Cl2N4O5/c1-29(2,28(37)38)9-11-34-13-15-36(16-14-34)23-4-6-24(7-5-23)39-18-25-19-40-30(41-25,20-35-12-10-33-21-35)26-8-3-22(31)17-27(26)32/h3-8,10,12,17,21,25H,9,11,13-16,18-20H2,1-2H3,(H,37,38)/t25-,30-/m1/s1. The van der Waals surface area contributed by atoms with Crippen molar-refractivity contribution in [3.63, 3.8) is 0 Å². The molecule has 5 rings (SSSR count). The predicted octanol–water partition coefficient (Wildman–Crippen LogP) is 5.16. The number of halogens is 2. The molecular weight excluding hydrogens is 567 g/mol. The van der Waals surface area contributed by atoms with E-state index >= 15 is 0 Å². The van der Waals surface area contributed by atoms with Crippen LogP contribution in [0.4, 0.5) is 5.69 Å². The average Bonchev–Trinajstić information content (AvgIpc) is 3.62. The Morgan fingerprint density at radius 2 is 1.90 bits per heavy atom. The first kappa shape index (κ1) is 29.7. The lowest BCUT2D eigenvalue weighted by atomic mass is 9.89. The Hall–Kier alpha value is -2.82. The van der Waals surface area contributed by atoms with E-state index in [1.54, 1.807) is 38.5 Å². The highest BCUT2D eigenvalue weighted by molar-refractivity contribution is 6.35. The van der Waals surface area contributed by atoms with Crippen LogP contribution in [0.2, 0.25) is 10.0 Å². The van der Waals surface area contributed by atoms with Gasteiger partial charge in [0.25, 0.3) is 0 Å². The number of piperazine rings is 1. The number of nitrogens with zero attached hydrogens (tertiary/aromatic N) is 4. The number of hydrogen-bond donors (Lipinski definition) is 1. The molecule has 0 radical (unpaired) electrons. The van der Waals surface area contributed by atoms with Crippen LogP contribution in [0.25, 0.3) is 0 Å². The van der Waals surface area contributed by atoms with Gasteiger partial charge in [-0.3, -0.25) is 9.69 Å². The molecule has 2 saturated heterocycles. The largest absolute Gasteiger partial charge is 0.491 e. The van der Waals surface area contributed by atoms with Gasteiger partial charge in [0.1, 0.15) is 18.5 Å². The Labute approximate surface area is 250 Å². The van der Waals surface area contributed by atoms with Crippen LogP contribution >= 0.6 is 23.2 Å². The van der Waals surface area contributed by atoms with Crippen molar-refractivity contribution in [3.8, 4) is 5.75 Å². The van der Waals surface area contributed by atoms with Crippen molar-refractivity contribution in [1.29, 1.82) is 0 Å². The van der Waals surface area contributed by atoms with Crippen molar-refractivity contribution in [2.75, 3.05) is 50.8 Å². The first-order valence-electron chi connectivity index (χ1n) is 13.8. The Balaban J connectivity index is 1.14. The van der Waals surface area contributed by atoms with Gasteiger partial charge in [-0.25, -0.2) is 4.98 Å². The van der Waals surface area contributed by atoms with Gasteiger partial charge in [-0.1, -0.05) is 29.3 Å². The topological polar surface area (TPSA) is 89.3 Å². The summed E-state index contributed by atoms with van der Waals surface area (Å²) in [5.41, 5.74) is 1.14. The van der Waals surface area contributed by atoms with Crippen molar-refractivity contribution < 1.29 is 24.1 Å². The van der Waals surface area contributed by atoms with Crippen LogP contribution in [0, 0.1) is 5.41 Å². The average molecular weight is 604 g/mol. The minimum Gasteiger partial charge on any atom is -0.491 e. The van der Waals surface area contributed by atoms with Crippen molar-refractivity contribution >= 4 is 34.9 Å². The third-order valence-corrected chi connectivity index (χ3v) is 8.34. The molecule has 0 bridgehead atoms. The smallest absolute Gasteiger partial charge is 0.309 e. The second-order valence-electron chi connectivity index (χ2n) is 11.2. The third kappa shape index (κ3) is 7.16. The number of anilines is 1. The van der Waals surface area contributed by atoms with Gasteiger partial charge < -0.3 is 28.8 Å². The normalized spacial score (nSPS) is 21.8. The molecule has 2 aromatic carbocycles. The van der Waals surface area contributed by atoms with E-state index in [-0.39, 0.29) is 6.10 Å². The summed E-state index contributed by atoms with van der Waals surface area (Å²) in [5.74, 6) is -1.08. The summed E-state index contributed by atoms with van der Waals surface area (Å²) in [6.45, 7) is 9.02. The minimum atomic E-state index is -1.09. The van der Waals surface area contributed by atoms with Crippen LogP contribution in [-0.2, 0) is 26.6 Å². The number of aliphatic carboxylic acids is 1. The number of carbonyl (C=O) groups is 1. The van der Waals surface area contributed by atoms with Gasteiger partial charge in [-0.2, -0.15) is 0 Å². The molecule has 3 heterocycles. The molecule has 9 nitrogen and oxygen atoms in total. The monoisotopic (exact) mass is 602 g/mol. The summed E-state index contributed by atoms with van der Waals surface area (Å²) < 4.78 is 20.7. The highest BCUT2D eigenvalue weighted by Crippen LogP contribution is 2.40. The third-order valence-electron chi connectivity index (χ3n) is 7.79. The van der Waals surface area contributed by atoms with E-state index < -0.39 is 17.2 Å². The first-order valence-corrected chi connectivity index (χ1v) is 14.6. The molecule has 0 unspecified atom stereocenters. The lowest BCUT2D eigenvalue weighted by Crippen LogP contribution is -2.47. The molecule has 2 aliphatic rings. The number of imidazole rings is 1. The lowest BCUT2D eigenvalue weighted by molar-refractivity contribution is -0.189. The maximum Gasteiger partial charge on any atom is 0.309 e. The van der Waals surface area contributed by atoms with Gasteiger partial charge in [0.15, 0.2) is 0 Å². The summed E-state index contributed by atoms with van der Waals surface area (Å²) in [5, 5.41) is 10.4. The zero-order valence-corrected chi connectivity index (χ0v) is 24.9. The lowest BCUT2D eigenvalue weighted by Gasteiger charge is -2.37. The first-order chi connectivity index (χ1) is 19.6. The van der Waals surface area contributed by atoms with E-state index in [0.717, 1.165) is 44.2 Å². The van der Waals surface area contributed by atoms with Crippen LogP contribution in [0.1, 0.15) is 25.8 Å². The molecule has 1 aromatic heterocycles. The predicted molar refractivity (Wildman–Crippen MR) is 158 cm³/mol. The minimum absolute atomic E-state index is 0.302. The van der Waals surface area contributed by atoms with Crippen molar-refractivity contribution in [1.82, 2.24) is 14.5 Å². The van der Waals surface area contributed by atoms with Crippen molar-refractivity contribution in [2.45, 2.75) is 38.7 Å². The van der Waals surface area contributed by atoms with Gasteiger partial charge >= 0.3 is 5.97 Å². The molecule has 41 heavy (non-hydrogen) atoms. The van der Waals surface area contributed by atoms with Gasteiger partial charge in [0, 0.05) is 54.8 Å². The van der Waals surface area contributed by atoms with Crippen LogP contribution in [0.5, 0.6) is 5.75 Å². The number of carboxylic acids is 1. The van der Waals surface area contributed by atoms with Crippen LogP contribution in [0.15, 0.2) is 61.2 Å². The quantitative estimate of drug-likeness (QED) is 0.322. The molecule has 220 valence electrons. The number of ether oxygens (including phenoxy) is 3. The van der Waals surface area contributed by atoms with E-state index in [9.17, 15) is 9.90 Å². The molecule has 0 saturated carbocycles. The zero-order valence-electron chi connectivity index (χ0n) is 23.3. The van der Waals surface area contributed by atoms with Crippen LogP contribution < -0.4 is 9.64 Å². The summed E-state index contributed by atoms with van der Waals surface area (Å²) in [7, 11) is 0. The fourth-order valence-corrected chi connectivity index (χ4v) is 5.64. The SMILES string of the molecule is CC(C)(CCN1CCN(c2ccc(OC[C@@H]3CO[C@@](Cn4ccnc4)(c4ccc(Cl)cc4Cl)O3)cc2)CC1)C(=O)O. The number of benzene rings is 2. The van der Waals surface area contributed by atoms with Crippen molar-refractivity contribution in [3.05, 3.63) is 76.8 Å². The number of rotatable bonds is 11. The van der Waals surface area contributed by atoms with Crippen molar-refractivity contribution in [2.24, 2.45) is 5.41 Å². The highest BCUT2D eigenvalue weighted by Gasteiger charge is 2.45. The molecule has 0 spiro atoms.